The van der Waals surface area contributed by atoms with E-state index in [4.69, 9.17) is 6.11 Å². The van der Waals surface area contributed by atoms with Gasteiger partial charge in [0.05, 0.1) is 12.4 Å². The summed E-state index contributed by atoms with van der Waals surface area (Å²) < 4.78 is 29.4. The van der Waals surface area contributed by atoms with Crippen molar-refractivity contribution in [1.29, 1.82) is 0 Å². The highest BCUT2D eigenvalue weighted by atomic mass is 19.1. The Hall–Kier alpha value is -2.87. The molecule has 1 amide bonds. The maximum Gasteiger partial charge on any atom is 0.256 e. The number of aromatic nitrogens is 4. The van der Waals surface area contributed by atoms with Crippen molar-refractivity contribution in [2.75, 3.05) is 5.32 Å². The smallest absolute Gasteiger partial charge is 0.256 e. The Bertz CT molecular complexity index is 967. The van der Waals surface area contributed by atoms with Crippen LogP contribution in [0, 0.1) is 5.92 Å². The Morgan fingerprint density at radius 2 is 2.12 bits per heavy atom. The largest absolute Gasteiger partial charge is 0.351 e. The van der Waals surface area contributed by atoms with E-state index in [9.17, 15) is 9.18 Å². The molecule has 3 aromatic rings. The number of amides is 1. The van der Waals surface area contributed by atoms with Crippen molar-refractivity contribution in [1.82, 2.24) is 19.5 Å². The highest BCUT2D eigenvalue weighted by Crippen LogP contribution is 2.37. The van der Waals surface area contributed by atoms with Crippen molar-refractivity contribution in [3.63, 3.8) is 0 Å². The lowest BCUT2D eigenvalue weighted by molar-refractivity contribution is -0.0102. The summed E-state index contributed by atoms with van der Waals surface area (Å²) in [5.74, 6) is -0.483. The average Bonchev–Trinajstić information content (AvgIpc) is 3.25. The number of nitrogens with zero attached hydrogens (tertiary/aromatic N) is 4. The lowest BCUT2D eigenvalue weighted by Gasteiger charge is -2.15. The van der Waals surface area contributed by atoms with Crippen molar-refractivity contribution < 1.29 is 15.3 Å². The maximum absolute atomic E-state index is 14.7. The number of fused-ring (bicyclic) bond motifs is 1. The van der Waals surface area contributed by atoms with Gasteiger partial charge in [-0.3, -0.25) is 9.36 Å². The zero-order valence-corrected chi connectivity index (χ0v) is 14.0. The van der Waals surface area contributed by atoms with Gasteiger partial charge >= 0.3 is 0 Å². The van der Waals surface area contributed by atoms with Crippen LogP contribution in [0.2, 0.25) is 0 Å². The fourth-order valence-electron chi connectivity index (χ4n) is 2.96. The molecule has 26 heavy (non-hydrogen) atoms. The summed E-state index contributed by atoms with van der Waals surface area (Å²) in [4.78, 5) is 24.9. The van der Waals surface area contributed by atoms with E-state index in [0.29, 0.717) is 16.7 Å². The average molecular weight is 356 g/mol. The number of imidazole rings is 1. The Morgan fingerprint density at radius 1 is 1.31 bits per heavy atom. The minimum atomic E-state index is -1.28. The molecule has 0 bridgehead atoms. The molecular weight excluding hydrogens is 337 g/mol. The lowest BCUT2D eigenvalue weighted by atomic mass is 10.0. The number of alkyl halides is 1. The summed E-state index contributed by atoms with van der Waals surface area (Å²) in [6.45, 7) is 1.71. The molecule has 0 spiro atoms. The molecule has 0 radical (unpaired) electrons. The second kappa shape index (κ2) is 6.45. The van der Waals surface area contributed by atoms with Crippen molar-refractivity contribution >= 4 is 22.9 Å². The molecule has 3 heterocycles. The van der Waals surface area contributed by atoms with Crippen LogP contribution < -0.4 is 5.32 Å². The van der Waals surface area contributed by atoms with E-state index in [1.54, 1.807) is 31.2 Å². The summed E-state index contributed by atoms with van der Waals surface area (Å²) in [5, 5.41) is 2.71. The van der Waals surface area contributed by atoms with Gasteiger partial charge in [-0.05, 0) is 19.0 Å². The number of halogens is 1. The number of ether oxygens (including phenoxy) is 1. The van der Waals surface area contributed by atoms with Gasteiger partial charge in [0.1, 0.15) is 6.33 Å². The van der Waals surface area contributed by atoms with Gasteiger partial charge in [-0.25, -0.2) is 19.3 Å². The zero-order valence-electron chi connectivity index (χ0n) is 15.0. The highest BCUT2D eigenvalue weighted by molar-refractivity contribution is 6.06. The van der Waals surface area contributed by atoms with E-state index in [1.807, 2.05) is 6.07 Å². The van der Waals surface area contributed by atoms with Crippen LogP contribution in [0.5, 0.6) is 0 Å². The molecule has 1 aromatic carbocycles. The number of benzene rings is 1. The van der Waals surface area contributed by atoms with Crippen molar-refractivity contribution in [3.8, 4) is 0 Å². The summed E-state index contributed by atoms with van der Waals surface area (Å²) in [7, 11) is 0. The van der Waals surface area contributed by atoms with Gasteiger partial charge in [0.25, 0.3) is 5.91 Å². The van der Waals surface area contributed by atoms with Crippen LogP contribution in [0.15, 0.2) is 43.0 Å². The number of hydrogen-bond acceptors (Lipinski definition) is 5. The van der Waals surface area contributed by atoms with E-state index >= 15 is 0 Å². The molecule has 1 fully saturated rings. The normalized spacial score (nSPS) is 26.0. The van der Waals surface area contributed by atoms with Gasteiger partial charge in [0, 0.05) is 12.9 Å². The van der Waals surface area contributed by atoms with Crippen molar-refractivity contribution in [2.24, 2.45) is 5.92 Å². The van der Waals surface area contributed by atoms with Crippen LogP contribution in [0.25, 0.3) is 11.2 Å². The third kappa shape index (κ3) is 2.72. The first-order valence-electron chi connectivity index (χ1n) is 8.93. The Morgan fingerprint density at radius 3 is 2.85 bits per heavy atom. The molecule has 0 aliphatic carbocycles. The van der Waals surface area contributed by atoms with E-state index in [-0.39, 0.29) is 18.6 Å². The van der Waals surface area contributed by atoms with Crippen LogP contribution in [-0.2, 0) is 4.74 Å². The number of carbonyl (C=O) groups excluding carboxylic acids is 1. The van der Waals surface area contributed by atoms with E-state index in [1.165, 1.54) is 17.2 Å². The van der Waals surface area contributed by atoms with Crippen LogP contribution in [-0.4, -0.2) is 37.7 Å². The van der Waals surface area contributed by atoms with Crippen LogP contribution >= 0.6 is 0 Å². The molecule has 4 atom stereocenters. The van der Waals surface area contributed by atoms with Crippen molar-refractivity contribution in [2.45, 2.75) is 32.3 Å². The maximum atomic E-state index is 14.7. The predicted molar refractivity (Wildman–Crippen MR) is 93.4 cm³/mol. The second-order valence-corrected chi connectivity index (χ2v) is 6.24. The minimum Gasteiger partial charge on any atom is -0.351 e. The predicted octanol–water partition coefficient (Wildman–Crippen LogP) is 2.97. The topological polar surface area (TPSA) is 81.9 Å². The number of hydrogen-bond donors (Lipinski definition) is 1. The SMILES string of the molecule is [2H]C[C@H]1OC(n2cnc3c(NC(=O)c4ccccc4)ncnc32)[C@H](F)[C@@H]1C. The van der Waals surface area contributed by atoms with Gasteiger partial charge in [-0.2, -0.15) is 0 Å². The molecule has 134 valence electrons. The molecular formula is C18H18FN5O2. The van der Waals surface area contributed by atoms with E-state index in [2.05, 4.69) is 20.3 Å². The third-order valence-corrected chi connectivity index (χ3v) is 4.58. The quantitative estimate of drug-likeness (QED) is 0.780. The molecule has 1 N–H and O–H groups in total. The lowest BCUT2D eigenvalue weighted by Crippen LogP contribution is -2.19. The monoisotopic (exact) mass is 356 g/mol. The van der Waals surface area contributed by atoms with Crippen LogP contribution in [0.1, 0.15) is 31.8 Å². The molecule has 1 unspecified atom stereocenters. The molecule has 7 nitrogen and oxygen atoms in total. The highest BCUT2D eigenvalue weighted by Gasteiger charge is 2.41. The summed E-state index contributed by atoms with van der Waals surface area (Å²) >= 11 is 0. The number of nitrogens with one attached hydrogen (secondary N) is 1. The summed E-state index contributed by atoms with van der Waals surface area (Å²) in [6.07, 6.45) is 0.0345. The molecule has 4 rings (SSSR count). The van der Waals surface area contributed by atoms with Gasteiger partial charge < -0.3 is 10.1 Å². The van der Waals surface area contributed by atoms with Gasteiger partial charge in [0.15, 0.2) is 29.4 Å². The molecule has 0 saturated carbocycles. The first-order chi connectivity index (χ1) is 13.1. The fraction of sp³-hybridized carbons (Fsp3) is 0.333. The first kappa shape index (κ1) is 15.4. The Labute approximate surface area is 150 Å². The number of carbonyl (C=O) groups is 1. The minimum absolute atomic E-state index is 0.0158. The molecule has 1 aliphatic heterocycles. The summed E-state index contributed by atoms with van der Waals surface area (Å²) in [6, 6.07) is 8.73. The fourth-order valence-corrected chi connectivity index (χ4v) is 2.96. The molecule has 1 saturated heterocycles. The van der Waals surface area contributed by atoms with Crippen molar-refractivity contribution in [3.05, 3.63) is 48.5 Å². The molecule has 2 aromatic heterocycles. The van der Waals surface area contributed by atoms with Gasteiger partial charge in [-0.15, -0.1) is 0 Å². The molecule has 8 heteroatoms. The summed E-state index contributed by atoms with van der Waals surface area (Å²) in [5.41, 5.74) is 1.19. The Kier molecular flexibility index (Phi) is 3.82. The van der Waals surface area contributed by atoms with Crippen LogP contribution in [0.4, 0.5) is 10.2 Å². The zero-order chi connectivity index (χ0) is 19.0. The van der Waals surface area contributed by atoms with Gasteiger partial charge in [0.2, 0.25) is 0 Å². The standard InChI is InChI=1S/C18H18FN5O2/c1-10-11(2)26-18(13(10)19)24-9-22-14-15(20-8-21-16(14)24)23-17(25)12-6-4-3-5-7-12/h3-11,13,18H,1-2H3,(H,20,21,23,25)/t10-,11-,13-,18?/m1/s1/i2D. The Balaban J connectivity index is 1.65. The number of anilines is 1. The van der Waals surface area contributed by atoms with E-state index in [0.717, 1.165) is 0 Å². The van der Waals surface area contributed by atoms with Crippen LogP contribution in [0.3, 0.4) is 0 Å². The van der Waals surface area contributed by atoms with E-state index < -0.39 is 24.4 Å². The van der Waals surface area contributed by atoms with Gasteiger partial charge in [-0.1, -0.05) is 25.1 Å². The third-order valence-electron chi connectivity index (χ3n) is 4.58. The molecule has 1 aliphatic rings. The number of rotatable bonds is 3. The second-order valence-electron chi connectivity index (χ2n) is 6.24. The first-order valence-corrected chi connectivity index (χ1v) is 8.23.